The summed E-state index contributed by atoms with van der Waals surface area (Å²) in [6.07, 6.45) is 0. The van der Waals surface area contributed by atoms with Crippen LogP contribution in [0.2, 0.25) is 0 Å². The highest BCUT2D eigenvalue weighted by Crippen LogP contribution is 2.34. The Bertz CT molecular complexity index is 1220. The van der Waals surface area contributed by atoms with Crippen molar-refractivity contribution in [1.29, 1.82) is 0 Å². The molecule has 0 aliphatic carbocycles. The zero-order chi connectivity index (χ0) is 22.7. The van der Waals surface area contributed by atoms with E-state index in [1.807, 2.05) is 6.07 Å². The summed E-state index contributed by atoms with van der Waals surface area (Å²) in [6, 6.07) is 22.7. The van der Waals surface area contributed by atoms with Crippen LogP contribution >= 0.6 is 0 Å². The molecule has 0 saturated heterocycles. The fourth-order valence-corrected chi connectivity index (χ4v) is 3.49. The van der Waals surface area contributed by atoms with Crippen LogP contribution in [0.15, 0.2) is 84.6 Å². The van der Waals surface area contributed by atoms with Gasteiger partial charge in [0.1, 0.15) is 11.4 Å². The topological polar surface area (TPSA) is 87.7 Å². The summed E-state index contributed by atoms with van der Waals surface area (Å²) in [5.74, 6) is -0.461. The normalized spacial score (nSPS) is 13.4. The molecule has 160 valence electrons. The third kappa shape index (κ3) is 4.09. The predicted octanol–water partition coefficient (Wildman–Crippen LogP) is 4.05. The third-order valence-electron chi connectivity index (χ3n) is 4.93. The summed E-state index contributed by atoms with van der Waals surface area (Å²) in [4.78, 5) is 39.2. The summed E-state index contributed by atoms with van der Waals surface area (Å²) >= 11 is 0. The molecule has 1 aliphatic rings. The second kappa shape index (κ2) is 8.77. The smallest absolute Gasteiger partial charge is 0.282 e. The molecule has 0 aromatic heterocycles. The van der Waals surface area contributed by atoms with Crippen molar-refractivity contribution in [3.63, 3.8) is 0 Å². The summed E-state index contributed by atoms with van der Waals surface area (Å²) in [5, 5.41) is 5.80. The van der Waals surface area contributed by atoms with Gasteiger partial charge in [-0.15, -0.1) is 0 Å². The number of benzene rings is 3. The molecule has 0 atom stereocenters. The lowest BCUT2D eigenvalue weighted by atomic mass is 10.0. The molecule has 0 unspecified atom stereocenters. The van der Waals surface area contributed by atoms with Crippen LogP contribution < -0.4 is 20.3 Å². The molecule has 0 bridgehead atoms. The van der Waals surface area contributed by atoms with Crippen molar-refractivity contribution >= 4 is 40.4 Å². The summed E-state index contributed by atoms with van der Waals surface area (Å²) < 4.78 is 5.26. The van der Waals surface area contributed by atoms with Gasteiger partial charge in [0, 0.05) is 24.4 Å². The van der Waals surface area contributed by atoms with E-state index in [9.17, 15) is 14.4 Å². The maximum atomic E-state index is 13.4. The molecule has 3 aromatic carbocycles. The Balaban J connectivity index is 1.78. The van der Waals surface area contributed by atoms with E-state index in [0.717, 1.165) is 4.90 Å². The molecule has 2 N–H and O–H groups in total. The van der Waals surface area contributed by atoms with Crippen LogP contribution in [0, 0.1) is 0 Å². The predicted molar refractivity (Wildman–Crippen MR) is 123 cm³/mol. The number of methoxy groups -OCH3 is 1. The van der Waals surface area contributed by atoms with E-state index in [0.29, 0.717) is 28.4 Å². The van der Waals surface area contributed by atoms with E-state index in [2.05, 4.69) is 10.6 Å². The highest BCUT2D eigenvalue weighted by atomic mass is 16.5. The molecule has 0 fully saturated rings. The van der Waals surface area contributed by atoms with Gasteiger partial charge in [0.25, 0.3) is 11.8 Å². The van der Waals surface area contributed by atoms with E-state index < -0.39 is 11.8 Å². The number of carbonyl (C=O) groups is 3. The van der Waals surface area contributed by atoms with E-state index in [4.69, 9.17) is 4.74 Å². The molecular weight excluding hydrogens is 406 g/mol. The average Bonchev–Trinajstić information content (AvgIpc) is 3.04. The molecule has 0 spiro atoms. The van der Waals surface area contributed by atoms with Crippen molar-refractivity contribution in [3.8, 4) is 5.75 Å². The number of para-hydroxylation sites is 1. The lowest BCUT2D eigenvalue weighted by molar-refractivity contribution is -0.120. The first-order valence-corrected chi connectivity index (χ1v) is 9.95. The second-order valence-corrected chi connectivity index (χ2v) is 7.15. The first kappa shape index (κ1) is 20.9. The molecule has 7 heteroatoms. The SMILES string of the molecule is COc1cccc(NC2=C(c3ccc(NC(C)=O)cc3)C(=O)N(c3ccccc3)C2=O)c1. The van der Waals surface area contributed by atoms with Crippen molar-refractivity contribution in [3.05, 3.63) is 90.1 Å². The number of rotatable bonds is 6. The van der Waals surface area contributed by atoms with Crippen molar-refractivity contribution in [2.75, 3.05) is 22.6 Å². The minimum atomic E-state index is -0.454. The van der Waals surface area contributed by atoms with Crippen molar-refractivity contribution in [2.24, 2.45) is 0 Å². The Morgan fingerprint density at radius 3 is 2.22 bits per heavy atom. The quantitative estimate of drug-likeness (QED) is 0.580. The van der Waals surface area contributed by atoms with Crippen LogP contribution in [0.25, 0.3) is 5.57 Å². The number of nitrogens with one attached hydrogen (secondary N) is 2. The number of ether oxygens (including phenoxy) is 1. The van der Waals surface area contributed by atoms with Crippen LogP contribution in [0.4, 0.5) is 17.1 Å². The third-order valence-corrected chi connectivity index (χ3v) is 4.93. The number of imide groups is 1. The molecule has 7 nitrogen and oxygen atoms in total. The van der Waals surface area contributed by atoms with Gasteiger partial charge < -0.3 is 15.4 Å². The molecule has 4 rings (SSSR count). The first-order valence-electron chi connectivity index (χ1n) is 9.95. The van der Waals surface area contributed by atoms with E-state index >= 15 is 0 Å². The Morgan fingerprint density at radius 1 is 0.844 bits per heavy atom. The molecule has 32 heavy (non-hydrogen) atoms. The molecule has 0 radical (unpaired) electrons. The van der Waals surface area contributed by atoms with Gasteiger partial charge in [-0.1, -0.05) is 36.4 Å². The van der Waals surface area contributed by atoms with Crippen molar-refractivity contribution < 1.29 is 19.1 Å². The van der Waals surface area contributed by atoms with Crippen LogP contribution in [-0.2, 0) is 14.4 Å². The van der Waals surface area contributed by atoms with Gasteiger partial charge in [-0.2, -0.15) is 0 Å². The van der Waals surface area contributed by atoms with Crippen LogP contribution in [0.5, 0.6) is 5.75 Å². The number of hydrogen-bond donors (Lipinski definition) is 2. The van der Waals surface area contributed by atoms with Gasteiger partial charge in [0.15, 0.2) is 0 Å². The zero-order valence-electron chi connectivity index (χ0n) is 17.6. The fraction of sp³-hybridized carbons (Fsp3) is 0.0800. The standard InChI is InChI=1S/C25H21N3O4/c1-16(29)26-18-13-11-17(12-14-18)22-23(27-19-7-6-10-21(15-19)32-2)25(31)28(24(22)30)20-8-4-3-5-9-20/h3-15,27H,1-2H3,(H,26,29). The van der Waals surface area contributed by atoms with Crippen molar-refractivity contribution in [1.82, 2.24) is 0 Å². The summed E-state index contributed by atoms with van der Waals surface area (Å²) in [7, 11) is 1.56. The summed E-state index contributed by atoms with van der Waals surface area (Å²) in [6.45, 7) is 1.42. The highest BCUT2D eigenvalue weighted by molar-refractivity contribution is 6.46. The minimum absolute atomic E-state index is 0.166. The van der Waals surface area contributed by atoms with Crippen LogP contribution in [0.3, 0.4) is 0 Å². The Kier molecular flexibility index (Phi) is 5.72. The molecule has 3 aromatic rings. The molecule has 3 amide bonds. The number of nitrogens with zero attached hydrogens (tertiary/aromatic N) is 1. The van der Waals surface area contributed by atoms with E-state index in [1.54, 1.807) is 79.9 Å². The summed E-state index contributed by atoms with van der Waals surface area (Å²) in [5.41, 5.74) is 2.66. The molecule has 1 heterocycles. The van der Waals surface area contributed by atoms with Gasteiger partial charge in [-0.25, -0.2) is 4.90 Å². The van der Waals surface area contributed by atoms with Gasteiger partial charge in [0.05, 0.1) is 18.4 Å². The Morgan fingerprint density at radius 2 is 1.56 bits per heavy atom. The maximum absolute atomic E-state index is 13.4. The first-order chi connectivity index (χ1) is 15.5. The lowest BCUT2D eigenvalue weighted by Gasteiger charge is -2.15. The number of amides is 3. The molecule has 1 aliphatic heterocycles. The number of hydrogen-bond acceptors (Lipinski definition) is 5. The molecular formula is C25H21N3O4. The second-order valence-electron chi connectivity index (χ2n) is 7.15. The largest absolute Gasteiger partial charge is 0.497 e. The van der Waals surface area contributed by atoms with Gasteiger partial charge in [-0.05, 0) is 42.0 Å². The molecule has 0 saturated carbocycles. The number of anilines is 3. The lowest BCUT2D eigenvalue weighted by Crippen LogP contribution is -2.32. The highest BCUT2D eigenvalue weighted by Gasteiger charge is 2.40. The van der Waals surface area contributed by atoms with E-state index in [1.165, 1.54) is 6.92 Å². The fourth-order valence-electron chi connectivity index (χ4n) is 3.49. The van der Waals surface area contributed by atoms with Gasteiger partial charge in [-0.3, -0.25) is 14.4 Å². The minimum Gasteiger partial charge on any atom is -0.497 e. The zero-order valence-corrected chi connectivity index (χ0v) is 17.6. The number of carbonyl (C=O) groups excluding carboxylic acids is 3. The Hall–Kier alpha value is -4.39. The monoisotopic (exact) mass is 427 g/mol. The van der Waals surface area contributed by atoms with Gasteiger partial charge >= 0.3 is 0 Å². The van der Waals surface area contributed by atoms with Crippen molar-refractivity contribution in [2.45, 2.75) is 6.92 Å². The van der Waals surface area contributed by atoms with Crippen LogP contribution in [0.1, 0.15) is 12.5 Å². The maximum Gasteiger partial charge on any atom is 0.282 e. The average molecular weight is 427 g/mol. The van der Waals surface area contributed by atoms with E-state index in [-0.39, 0.29) is 17.2 Å². The van der Waals surface area contributed by atoms with Gasteiger partial charge in [0.2, 0.25) is 5.91 Å². The van der Waals surface area contributed by atoms with Crippen LogP contribution in [-0.4, -0.2) is 24.8 Å². The Labute approximate surface area is 185 Å².